The number of rotatable bonds is 4. The van der Waals surface area contributed by atoms with E-state index in [-0.39, 0.29) is 0 Å². The number of nitrogens with zero attached hydrogens (tertiary/aromatic N) is 2. The smallest absolute Gasteiger partial charge is 0.0870 e. The first-order chi connectivity index (χ1) is 10.4. The van der Waals surface area contributed by atoms with Gasteiger partial charge in [-0.25, -0.2) is 0 Å². The van der Waals surface area contributed by atoms with Crippen molar-refractivity contribution in [2.24, 2.45) is 0 Å². The molecule has 0 N–H and O–H groups in total. The van der Waals surface area contributed by atoms with Gasteiger partial charge in [-0.05, 0) is 35.2 Å². The van der Waals surface area contributed by atoms with Crippen LogP contribution in [0.5, 0.6) is 0 Å². The summed E-state index contributed by atoms with van der Waals surface area (Å²) < 4.78 is 11.8. The van der Waals surface area contributed by atoms with Crippen LogP contribution in [0.2, 0.25) is 0 Å². The Hall–Kier alpha value is -0.460. The van der Waals surface area contributed by atoms with E-state index in [9.17, 15) is 0 Å². The first kappa shape index (κ1) is 14.2. The van der Waals surface area contributed by atoms with Gasteiger partial charge in [0.05, 0.1) is 18.8 Å². The summed E-state index contributed by atoms with van der Waals surface area (Å²) in [6.07, 6.45) is 3.30. The van der Waals surface area contributed by atoms with E-state index in [0.717, 1.165) is 45.9 Å². The van der Waals surface area contributed by atoms with Crippen LogP contribution < -0.4 is 0 Å². The van der Waals surface area contributed by atoms with E-state index in [1.165, 1.54) is 18.4 Å². The molecule has 1 aromatic heterocycles. The number of thiophene rings is 1. The minimum Gasteiger partial charge on any atom is -0.377 e. The lowest BCUT2D eigenvalue weighted by atomic mass is 10.1. The van der Waals surface area contributed by atoms with Crippen LogP contribution in [-0.2, 0) is 16.0 Å². The molecule has 4 nitrogen and oxygen atoms in total. The Morgan fingerprint density at radius 1 is 1.24 bits per heavy atom. The van der Waals surface area contributed by atoms with Gasteiger partial charge < -0.3 is 9.47 Å². The number of hydrogen-bond donors (Lipinski definition) is 0. The summed E-state index contributed by atoms with van der Waals surface area (Å²) in [5.74, 6) is 0. The summed E-state index contributed by atoms with van der Waals surface area (Å²) in [6.45, 7) is 7.25. The third-order valence-electron chi connectivity index (χ3n) is 4.94. The van der Waals surface area contributed by atoms with Crippen molar-refractivity contribution in [1.82, 2.24) is 9.80 Å². The van der Waals surface area contributed by atoms with Gasteiger partial charge >= 0.3 is 0 Å². The second kappa shape index (κ2) is 6.34. The number of likely N-dealkylation sites (tertiary alicyclic amines) is 1. The van der Waals surface area contributed by atoms with Gasteiger partial charge in [0.1, 0.15) is 0 Å². The zero-order valence-electron chi connectivity index (χ0n) is 12.4. The maximum atomic E-state index is 6.02. The molecule has 4 heterocycles. The fourth-order valence-corrected chi connectivity index (χ4v) is 4.54. The summed E-state index contributed by atoms with van der Waals surface area (Å²) in [5.41, 5.74) is 1.43. The standard InChI is InChI=1S/C16H24N2O2S/c1-2-14(19-5-1)9-18-4-6-20-16-11-17(10-15(16)18)8-13-3-7-21-12-13/h3,7,12,14-16H,1-2,4-6,8-11H2/t14-,15-,16+/m1/s1. The van der Waals surface area contributed by atoms with E-state index in [4.69, 9.17) is 9.47 Å². The summed E-state index contributed by atoms with van der Waals surface area (Å²) in [6, 6.07) is 2.79. The molecule has 0 radical (unpaired) electrons. The Balaban J connectivity index is 1.37. The van der Waals surface area contributed by atoms with Gasteiger partial charge in [0.2, 0.25) is 0 Å². The quantitative estimate of drug-likeness (QED) is 0.847. The average molecular weight is 308 g/mol. The molecule has 3 fully saturated rings. The second-order valence-corrected chi connectivity index (χ2v) is 7.21. The zero-order valence-corrected chi connectivity index (χ0v) is 13.3. The highest BCUT2D eigenvalue weighted by atomic mass is 32.1. The SMILES string of the molecule is c1cc(CN2C[C@@H]3OCCN(C[C@H]4CCCO4)[C@@H]3C2)cs1. The summed E-state index contributed by atoms with van der Waals surface area (Å²) >= 11 is 1.79. The highest BCUT2D eigenvalue weighted by Gasteiger charge is 2.40. The second-order valence-electron chi connectivity index (χ2n) is 6.43. The Kier molecular flexibility index (Phi) is 4.27. The van der Waals surface area contributed by atoms with Crippen molar-refractivity contribution in [2.75, 3.05) is 39.4 Å². The van der Waals surface area contributed by atoms with Crippen molar-refractivity contribution < 1.29 is 9.47 Å². The molecule has 0 unspecified atom stereocenters. The lowest BCUT2D eigenvalue weighted by Crippen LogP contribution is -2.52. The molecule has 21 heavy (non-hydrogen) atoms. The van der Waals surface area contributed by atoms with E-state index in [1.54, 1.807) is 11.3 Å². The Morgan fingerprint density at radius 2 is 2.24 bits per heavy atom. The van der Waals surface area contributed by atoms with Crippen molar-refractivity contribution >= 4 is 11.3 Å². The molecule has 116 valence electrons. The van der Waals surface area contributed by atoms with Gasteiger partial charge in [0, 0.05) is 45.4 Å². The number of ether oxygens (including phenoxy) is 2. The normalized spacial score (nSPS) is 34.4. The van der Waals surface area contributed by atoms with Crippen molar-refractivity contribution in [1.29, 1.82) is 0 Å². The maximum absolute atomic E-state index is 6.02. The van der Waals surface area contributed by atoms with Crippen LogP contribution in [0.15, 0.2) is 16.8 Å². The van der Waals surface area contributed by atoms with E-state index < -0.39 is 0 Å². The topological polar surface area (TPSA) is 24.9 Å². The third kappa shape index (κ3) is 3.17. The van der Waals surface area contributed by atoms with Crippen LogP contribution in [0, 0.1) is 0 Å². The number of hydrogen-bond acceptors (Lipinski definition) is 5. The van der Waals surface area contributed by atoms with Gasteiger partial charge in [-0.1, -0.05) is 0 Å². The van der Waals surface area contributed by atoms with Gasteiger partial charge in [0.25, 0.3) is 0 Å². The molecule has 0 aromatic carbocycles. The van der Waals surface area contributed by atoms with Gasteiger partial charge in [-0.15, -0.1) is 0 Å². The Labute approximate surface area is 130 Å². The van der Waals surface area contributed by atoms with Crippen LogP contribution in [0.4, 0.5) is 0 Å². The van der Waals surface area contributed by atoms with Crippen LogP contribution in [-0.4, -0.2) is 67.4 Å². The molecule has 0 saturated carbocycles. The van der Waals surface area contributed by atoms with Crippen molar-refractivity contribution in [3.63, 3.8) is 0 Å². The largest absolute Gasteiger partial charge is 0.377 e. The van der Waals surface area contributed by atoms with E-state index >= 15 is 0 Å². The van der Waals surface area contributed by atoms with Crippen LogP contribution in [0.3, 0.4) is 0 Å². The third-order valence-corrected chi connectivity index (χ3v) is 5.67. The predicted octanol–water partition coefficient (Wildman–Crippen LogP) is 1.81. The minimum absolute atomic E-state index is 0.388. The highest BCUT2D eigenvalue weighted by Crippen LogP contribution is 2.26. The van der Waals surface area contributed by atoms with Gasteiger partial charge in [-0.2, -0.15) is 11.3 Å². The summed E-state index contributed by atoms with van der Waals surface area (Å²) in [7, 11) is 0. The molecule has 4 rings (SSSR count). The van der Waals surface area contributed by atoms with Crippen molar-refractivity contribution in [3.05, 3.63) is 22.4 Å². The Morgan fingerprint density at radius 3 is 3.05 bits per heavy atom. The van der Waals surface area contributed by atoms with Crippen molar-refractivity contribution in [2.45, 2.75) is 37.6 Å². The molecule has 0 aliphatic carbocycles. The van der Waals surface area contributed by atoms with E-state index in [2.05, 4.69) is 26.6 Å². The molecule has 3 saturated heterocycles. The highest BCUT2D eigenvalue weighted by molar-refractivity contribution is 7.07. The fraction of sp³-hybridized carbons (Fsp3) is 0.750. The molecule has 0 amide bonds. The van der Waals surface area contributed by atoms with Crippen LogP contribution >= 0.6 is 11.3 Å². The molecule has 3 aliphatic rings. The number of fused-ring (bicyclic) bond motifs is 1. The maximum Gasteiger partial charge on any atom is 0.0870 e. The van der Waals surface area contributed by atoms with Gasteiger partial charge in [-0.3, -0.25) is 9.80 Å². The lowest BCUT2D eigenvalue weighted by Gasteiger charge is -2.38. The monoisotopic (exact) mass is 308 g/mol. The lowest BCUT2D eigenvalue weighted by molar-refractivity contribution is -0.0615. The average Bonchev–Trinajstić information content (AvgIpc) is 3.20. The van der Waals surface area contributed by atoms with Crippen molar-refractivity contribution in [3.8, 4) is 0 Å². The molecule has 0 spiro atoms. The van der Waals surface area contributed by atoms with Crippen LogP contribution in [0.25, 0.3) is 0 Å². The van der Waals surface area contributed by atoms with E-state index in [0.29, 0.717) is 18.2 Å². The van der Waals surface area contributed by atoms with Crippen LogP contribution in [0.1, 0.15) is 18.4 Å². The van der Waals surface area contributed by atoms with Gasteiger partial charge in [0.15, 0.2) is 0 Å². The first-order valence-electron chi connectivity index (χ1n) is 8.09. The molecule has 1 aromatic rings. The summed E-state index contributed by atoms with van der Waals surface area (Å²) in [5, 5.41) is 4.42. The zero-order chi connectivity index (χ0) is 14.1. The fourth-order valence-electron chi connectivity index (χ4n) is 3.88. The first-order valence-corrected chi connectivity index (χ1v) is 9.03. The van der Waals surface area contributed by atoms with E-state index in [1.807, 2.05) is 0 Å². The predicted molar refractivity (Wildman–Crippen MR) is 83.7 cm³/mol. The molecule has 3 aliphatic heterocycles. The molecule has 0 bridgehead atoms. The molecule has 5 heteroatoms. The summed E-state index contributed by atoms with van der Waals surface area (Å²) in [4.78, 5) is 5.17. The Bertz CT molecular complexity index is 447. The molecular formula is C16H24N2O2S. The number of morpholine rings is 1. The molecular weight excluding hydrogens is 284 g/mol. The molecule has 3 atom stereocenters. The minimum atomic E-state index is 0.388.